The molecule has 0 fully saturated rings. The quantitative estimate of drug-likeness (QED) is 0.919. The summed E-state index contributed by atoms with van der Waals surface area (Å²) < 4.78 is 5.66. The minimum Gasteiger partial charge on any atom is -0.493 e. The highest BCUT2D eigenvalue weighted by Crippen LogP contribution is 2.36. The minimum absolute atomic E-state index is 0.198. The van der Waals surface area contributed by atoms with Crippen molar-refractivity contribution < 1.29 is 9.84 Å². The molecule has 0 spiro atoms. The summed E-state index contributed by atoms with van der Waals surface area (Å²) in [6.45, 7) is 0.698. The third-order valence-corrected chi connectivity index (χ3v) is 4.04. The van der Waals surface area contributed by atoms with Crippen molar-refractivity contribution in [3.8, 4) is 5.75 Å². The Morgan fingerprint density at radius 1 is 1.05 bits per heavy atom. The number of para-hydroxylation sites is 1. The van der Waals surface area contributed by atoms with E-state index in [0.717, 1.165) is 30.6 Å². The van der Waals surface area contributed by atoms with Crippen LogP contribution in [-0.2, 0) is 6.42 Å². The summed E-state index contributed by atoms with van der Waals surface area (Å²) in [6.07, 6.45) is 2.30. The van der Waals surface area contributed by atoms with E-state index in [-0.39, 0.29) is 12.0 Å². The average Bonchev–Trinajstić information content (AvgIpc) is 2.53. The number of hydrogen-bond acceptors (Lipinski definition) is 2. The molecule has 2 nitrogen and oxygen atoms in total. The summed E-state index contributed by atoms with van der Waals surface area (Å²) in [5, 5.41) is 10.5. The van der Waals surface area contributed by atoms with Crippen molar-refractivity contribution in [1.82, 2.24) is 0 Å². The van der Waals surface area contributed by atoms with E-state index < -0.39 is 0 Å². The van der Waals surface area contributed by atoms with Gasteiger partial charge in [0.25, 0.3) is 0 Å². The van der Waals surface area contributed by atoms with Gasteiger partial charge in [-0.2, -0.15) is 0 Å². The van der Waals surface area contributed by atoms with Crippen LogP contribution in [0.5, 0.6) is 5.75 Å². The van der Waals surface area contributed by atoms with E-state index in [2.05, 4.69) is 18.2 Å². The first-order valence-electron chi connectivity index (χ1n) is 7.28. The Labute approximate surface area is 120 Å². The number of aliphatic hydroxyl groups excluding tert-OH is 1. The molecular weight excluding hydrogens is 248 g/mol. The molecule has 0 aliphatic carbocycles. The van der Waals surface area contributed by atoms with Gasteiger partial charge in [0, 0.05) is 5.92 Å². The number of hydrogen-bond donors (Lipinski definition) is 1. The van der Waals surface area contributed by atoms with Crippen LogP contribution in [0, 0.1) is 0 Å². The van der Waals surface area contributed by atoms with Gasteiger partial charge in [-0.3, -0.25) is 0 Å². The molecule has 1 N–H and O–H groups in total. The number of aliphatic hydroxyl groups is 1. The third kappa shape index (κ3) is 2.86. The second-order valence-electron chi connectivity index (χ2n) is 5.37. The zero-order valence-corrected chi connectivity index (χ0v) is 11.5. The molecule has 0 saturated carbocycles. The molecule has 2 heteroatoms. The van der Waals surface area contributed by atoms with Crippen molar-refractivity contribution in [2.45, 2.75) is 31.3 Å². The number of fused-ring (bicyclic) bond motifs is 1. The lowest BCUT2D eigenvalue weighted by Crippen LogP contribution is -2.25. The molecule has 2 aromatic rings. The number of aryl methyl sites for hydroxylation is 1. The van der Waals surface area contributed by atoms with Crippen LogP contribution < -0.4 is 4.74 Å². The maximum absolute atomic E-state index is 10.5. The molecule has 0 aromatic heterocycles. The Morgan fingerprint density at radius 2 is 1.80 bits per heavy atom. The highest BCUT2D eigenvalue weighted by atomic mass is 16.5. The topological polar surface area (TPSA) is 29.5 Å². The summed E-state index contributed by atoms with van der Waals surface area (Å²) in [4.78, 5) is 0. The lowest BCUT2D eigenvalue weighted by molar-refractivity contribution is 0.109. The van der Waals surface area contributed by atoms with E-state index in [0.29, 0.717) is 6.61 Å². The van der Waals surface area contributed by atoms with Crippen molar-refractivity contribution >= 4 is 0 Å². The van der Waals surface area contributed by atoms with Gasteiger partial charge in [-0.1, -0.05) is 48.5 Å². The maximum Gasteiger partial charge on any atom is 0.122 e. The first kappa shape index (κ1) is 13.2. The van der Waals surface area contributed by atoms with Crippen LogP contribution in [0.2, 0.25) is 0 Å². The maximum atomic E-state index is 10.5. The Kier molecular flexibility index (Phi) is 4.03. The van der Waals surface area contributed by atoms with Gasteiger partial charge in [0.1, 0.15) is 5.75 Å². The normalized spacial score (nSPS) is 18.9. The standard InChI is InChI=1S/C18H20O2/c19-17(11-10-14-6-2-1-3-7-14)15-12-13-20-18-9-5-4-8-16(15)18/h1-9,15,17,19H,10-13H2. The van der Waals surface area contributed by atoms with Gasteiger partial charge in [0.05, 0.1) is 12.7 Å². The molecule has 0 amide bonds. The molecule has 0 bridgehead atoms. The van der Waals surface area contributed by atoms with Crippen molar-refractivity contribution in [3.05, 3.63) is 65.7 Å². The molecule has 3 rings (SSSR count). The Bertz CT molecular complexity index is 550. The van der Waals surface area contributed by atoms with Crippen molar-refractivity contribution in [2.24, 2.45) is 0 Å². The zero-order valence-electron chi connectivity index (χ0n) is 11.5. The molecule has 104 valence electrons. The van der Waals surface area contributed by atoms with E-state index in [1.54, 1.807) is 0 Å². The lowest BCUT2D eigenvalue weighted by atomic mass is 9.86. The van der Waals surface area contributed by atoms with Gasteiger partial charge in [0.2, 0.25) is 0 Å². The van der Waals surface area contributed by atoms with Crippen LogP contribution >= 0.6 is 0 Å². The molecule has 1 aliphatic heterocycles. The molecule has 2 unspecified atom stereocenters. The highest BCUT2D eigenvalue weighted by molar-refractivity contribution is 5.38. The summed E-state index contributed by atoms with van der Waals surface area (Å²) in [7, 11) is 0. The fourth-order valence-electron chi connectivity index (χ4n) is 2.93. The van der Waals surface area contributed by atoms with Crippen LogP contribution in [0.3, 0.4) is 0 Å². The van der Waals surface area contributed by atoms with Crippen LogP contribution in [0.25, 0.3) is 0 Å². The summed E-state index contributed by atoms with van der Waals surface area (Å²) >= 11 is 0. The lowest BCUT2D eigenvalue weighted by Gasteiger charge is -2.29. The van der Waals surface area contributed by atoms with E-state index in [1.165, 1.54) is 5.56 Å². The monoisotopic (exact) mass is 268 g/mol. The molecule has 0 saturated heterocycles. The van der Waals surface area contributed by atoms with Gasteiger partial charge < -0.3 is 9.84 Å². The molecule has 1 heterocycles. The molecule has 2 aromatic carbocycles. The number of benzene rings is 2. The smallest absolute Gasteiger partial charge is 0.122 e. The zero-order chi connectivity index (χ0) is 13.8. The Hall–Kier alpha value is -1.80. The van der Waals surface area contributed by atoms with Crippen LogP contribution in [0.15, 0.2) is 54.6 Å². The second-order valence-corrected chi connectivity index (χ2v) is 5.37. The first-order valence-corrected chi connectivity index (χ1v) is 7.28. The minimum atomic E-state index is -0.305. The summed E-state index contributed by atoms with van der Waals surface area (Å²) in [5.74, 6) is 1.13. The van der Waals surface area contributed by atoms with E-state index >= 15 is 0 Å². The molecule has 20 heavy (non-hydrogen) atoms. The molecule has 0 radical (unpaired) electrons. The summed E-state index contributed by atoms with van der Waals surface area (Å²) in [6, 6.07) is 18.4. The van der Waals surface area contributed by atoms with Crippen LogP contribution in [0.4, 0.5) is 0 Å². The largest absolute Gasteiger partial charge is 0.493 e. The van der Waals surface area contributed by atoms with Crippen molar-refractivity contribution in [3.63, 3.8) is 0 Å². The SMILES string of the molecule is OC(CCc1ccccc1)C1CCOc2ccccc21. The molecule has 2 atom stereocenters. The van der Waals surface area contributed by atoms with Gasteiger partial charge in [-0.15, -0.1) is 0 Å². The Balaban J connectivity index is 1.67. The predicted molar refractivity (Wildman–Crippen MR) is 80.1 cm³/mol. The molecule has 1 aliphatic rings. The van der Waals surface area contributed by atoms with Gasteiger partial charge in [0.15, 0.2) is 0 Å². The fraction of sp³-hybridized carbons (Fsp3) is 0.333. The number of rotatable bonds is 4. The molecular formula is C18H20O2. The van der Waals surface area contributed by atoms with Crippen molar-refractivity contribution in [1.29, 1.82) is 0 Å². The predicted octanol–water partition coefficient (Wildman–Crippen LogP) is 3.55. The second kappa shape index (κ2) is 6.10. The average molecular weight is 268 g/mol. The van der Waals surface area contributed by atoms with Crippen molar-refractivity contribution in [2.75, 3.05) is 6.61 Å². The first-order chi connectivity index (χ1) is 9.84. The van der Waals surface area contributed by atoms with Gasteiger partial charge in [-0.05, 0) is 36.5 Å². The summed E-state index contributed by atoms with van der Waals surface area (Å²) in [5.41, 5.74) is 2.44. The fourth-order valence-corrected chi connectivity index (χ4v) is 2.93. The van der Waals surface area contributed by atoms with Gasteiger partial charge in [-0.25, -0.2) is 0 Å². The van der Waals surface area contributed by atoms with E-state index in [4.69, 9.17) is 4.74 Å². The van der Waals surface area contributed by atoms with E-state index in [1.807, 2.05) is 36.4 Å². The highest BCUT2D eigenvalue weighted by Gasteiger charge is 2.27. The van der Waals surface area contributed by atoms with E-state index in [9.17, 15) is 5.11 Å². The number of ether oxygens (including phenoxy) is 1. The van der Waals surface area contributed by atoms with Crippen LogP contribution in [-0.4, -0.2) is 17.8 Å². The van der Waals surface area contributed by atoms with Crippen LogP contribution in [0.1, 0.15) is 29.9 Å². The third-order valence-electron chi connectivity index (χ3n) is 4.04. The van der Waals surface area contributed by atoms with Gasteiger partial charge >= 0.3 is 0 Å². The Morgan fingerprint density at radius 3 is 2.65 bits per heavy atom.